The third-order valence-corrected chi connectivity index (χ3v) is 13.9. The van der Waals surface area contributed by atoms with Crippen LogP contribution in [-0.4, -0.2) is 52.5 Å². The molecule has 1 amide bonds. The minimum Gasteiger partial charge on any atom is -0.416 e. The second kappa shape index (κ2) is 10.6. The quantitative estimate of drug-likeness (QED) is 0.300. The minimum absolute atomic E-state index is 0.00159. The van der Waals surface area contributed by atoms with E-state index >= 15 is 0 Å². The Labute approximate surface area is 235 Å². The maximum Gasteiger partial charge on any atom is 0.430 e. The number of carbonyl (C=O) groups is 1. The Balaban J connectivity index is 1.88. The first-order valence-corrected chi connectivity index (χ1v) is 17.0. The van der Waals surface area contributed by atoms with Crippen molar-refractivity contribution in [3.63, 3.8) is 0 Å². The number of sulfone groups is 1. The monoisotopic (exact) mass is 626 g/mol. The molecule has 0 saturated carbocycles. The number of fused-ring (bicyclic) bond motifs is 1. The number of hydrogen-bond acceptors (Lipinski definition) is 6. The molecule has 2 aromatic rings. The molecule has 7 nitrogen and oxygen atoms in total. The number of rotatable bonds is 8. The number of hydrogen-bond donors (Lipinski definition) is 2. The van der Waals surface area contributed by atoms with Crippen LogP contribution in [0.25, 0.3) is 0 Å². The molecular weight excluding hydrogens is 594 g/mol. The topological polar surface area (TPSA) is 110 Å². The summed E-state index contributed by atoms with van der Waals surface area (Å²) < 4.78 is 112. The standard InChI is InChI=1S/C26H32F6N2O5SSi/c1-23(2,3)41(4,5)39-10-11-40(37,38)19-8-6-16-14-34(15-17(16)12-19)21-9-7-18(13-20(21)22(33)35)24(36,25(27,28)29)26(30,31)32/h6-9,12-13,36H,10-11,14-15H2,1-5H3,(H2,33,35). The first kappa shape index (κ1) is 32.9. The van der Waals surface area contributed by atoms with Crippen LogP contribution < -0.4 is 10.6 Å². The summed E-state index contributed by atoms with van der Waals surface area (Å²) in [5.41, 5.74) is -1.09. The molecule has 0 aliphatic carbocycles. The highest BCUT2D eigenvalue weighted by molar-refractivity contribution is 7.91. The summed E-state index contributed by atoms with van der Waals surface area (Å²) in [6.07, 6.45) is -12.3. The Morgan fingerprint density at radius 3 is 2.05 bits per heavy atom. The maximum atomic E-state index is 13.4. The van der Waals surface area contributed by atoms with Crippen molar-refractivity contribution in [1.82, 2.24) is 0 Å². The third-order valence-electron chi connectivity index (χ3n) is 7.72. The van der Waals surface area contributed by atoms with Gasteiger partial charge in [-0.05, 0) is 53.5 Å². The van der Waals surface area contributed by atoms with Crippen molar-refractivity contribution in [3.05, 3.63) is 58.7 Å². The van der Waals surface area contributed by atoms with Gasteiger partial charge in [-0.2, -0.15) is 26.3 Å². The lowest BCUT2D eigenvalue weighted by molar-refractivity contribution is -0.376. The molecule has 0 aromatic heterocycles. The Kier molecular flexibility index (Phi) is 8.49. The van der Waals surface area contributed by atoms with E-state index in [0.717, 1.165) is 6.07 Å². The lowest BCUT2D eigenvalue weighted by Gasteiger charge is -2.36. The lowest BCUT2D eigenvalue weighted by atomic mass is 9.90. The first-order valence-electron chi connectivity index (χ1n) is 12.5. The van der Waals surface area contributed by atoms with Crippen molar-refractivity contribution in [2.75, 3.05) is 17.3 Å². The maximum absolute atomic E-state index is 13.4. The molecule has 41 heavy (non-hydrogen) atoms. The van der Waals surface area contributed by atoms with Crippen LogP contribution in [0.3, 0.4) is 0 Å². The van der Waals surface area contributed by atoms with Crippen LogP contribution in [-0.2, 0) is 33.0 Å². The Hall–Kier alpha value is -2.62. The molecule has 228 valence electrons. The molecule has 0 radical (unpaired) electrons. The first-order chi connectivity index (χ1) is 18.4. The van der Waals surface area contributed by atoms with E-state index in [2.05, 4.69) is 0 Å². The largest absolute Gasteiger partial charge is 0.430 e. The van der Waals surface area contributed by atoms with Crippen molar-refractivity contribution in [2.24, 2.45) is 5.73 Å². The number of nitrogens with zero attached hydrogens (tertiary/aromatic N) is 1. The molecule has 0 unspecified atom stereocenters. The van der Waals surface area contributed by atoms with E-state index < -0.39 is 53.1 Å². The molecule has 0 atom stereocenters. The second-order valence-corrected chi connectivity index (χ2v) is 18.4. The molecule has 0 fully saturated rings. The number of benzene rings is 2. The summed E-state index contributed by atoms with van der Waals surface area (Å²) in [5.74, 6) is -1.56. The molecule has 1 heterocycles. The fourth-order valence-corrected chi connectivity index (χ4v) is 6.53. The summed E-state index contributed by atoms with van der Waals surface area (Å²) in [7, 11) is -5.91. The lowest BCUT2D eigenvalue weighted by Crippen LogP contribution is -2.54. The molecule has 3 N–H and O–H groups in total. The highest BCUT2D eigenvalue weighted by Gasteiger charge is 2.71. The number of primary amides is 1. The fourth-order valence-electron chi connectivity index (χ4n) is 4.20. The van der Waals surface area contributed by atoms with Gasteiger partial charge in [-0.15, -0.1) is 0 Å². The van der Waals surface area contributed by atoms with E-state index in [4.69, 9.17) is 10.2 Å². The van der Waals surface area contributed by atoms with Crippen LogP contribution in [0.2, 0.25) is 18.1 Å². The average Bonchev–Trinajstić information content (AvgIpc) is 3.24. The van der Waals surface area contributed by atoms with Gasteiger partial charge in [0.1, 0.15) is 0 Å². The van der Waals surface area contributed by atoms with Crippen molar-refractivity contribution in [2.45, 2.75) is 74.8 Å². The van der Waals surface area contributed by atoms with Crippen molar-refractivity contribution < 1.29 is 49.1 Å². The predicted molar refractivity (Wildman–Crippen MR) is 142 cm³/mol. The normalized spacial score (nSPS) is 15.3. The van der Waals surface area contributed by atoms with Gasteiger partial charge in [-0.25, -0.2) is 8.42 Å². The van der Waals surface area contributed by atoms with Gasteiger partial charge in [0, 0.05) is 25.3 Å². The third kappa shape index (κ3) is 6.27. The molecule has 15 heteroatoms. The van der Waals surface area contributed by atoms with Gasteiger partial charge >= 0.3 is 12.4 Å². The Morgan fingerprint density at radius 2 is 1.54 bits per heavy atom. The highest BCUT2D eigenvalue weighted by Crippen LogP contribution is 2.50. The van der Waals surface area contributed by atoms with Gasteiger partial charge in [0.25, 0.3) is 11.5 Å². The Bertz CT molecular complexity index is 1420. The molecule has 0 bridgehead atoms. The number of alkyl halides is 6. The van der Waals surface area contributed by atoms with E-state index in [-0.39, 0.29) is 47.1 Å². The zero-order valence-corrected chi connectivity index (χ0v) is 24.9. The Morgan fingerprint density at radius 1 is 0.976 bits per heavy atom. The summed E-state index contributed by atoms with van der Waals surface area (Å²) in [6, 6.07) is 5.97. The zero-order valence-electron chi connectivity index (χ0n) is 23.1. The second-order valence-electron chi connectivity index (χ2n) is 11.5. The van der Waals surface area contributed by atoms with Crippen molar-refractivity contribution in [1.29, 1.82) is 0 Å². The zero-order chi connectivity index (χ0) is 31.4. The molecule has 3 rings (SSSR count). The van der Waals surface area contributed by atoms with Gasteiger partial charge < -0.3 is 20.2 Å². The molecule has 1 aliphatic rings. The summed E-state index contributed by atoms with van der Waals surface area (Å²) in [5, 5.41) is 9.63. The van der Waals surface area contributed by atoms with Crippen LogP contribution in [0, 0.1) is 0 Å². The smallest absolute Gasteiger partial charge is 0.416 e. The minimum atomic E-state index is -6.14. The molecule has 1 aliphatic heterocycles. The molecular formula is C26H32F6N2O5SSi. The van der Waals surface area contributed by atoms with E-state index in [1.54, 1.807) is 6.07 Å². The van der Waals surface area contributed by atoms with Crippen LogP contribution in [0.1, 0.15) is 47.8 Å². The fraction of sp³-hybridized carbons (Fsp3) is 0.500. The number of halogens is 6. The van der Waals surface area contributed by atoms with Crippen LogP contribution in [0.5, 0.6) is 0 Å². The van der Waals surface area contributed by atoms with Crippen LogP contribution in [0.15, 0.2) is 41.3 Å². The number of anilines is 1. The molecule has 2 aromatic carbocycles. The summed E-state index contributed by atoms with van der Waals surface area (Å²) in [6.45, 7) is 10.2. The highest BCUT2D eigenvalue weighted by atomic mass is 32.2. The van der Waals surface area contributed by atoms with Gasteiger partial charge in [0.2, 0.25) is 0 Å². The van der Waals surface area contributed by atoms with E-state index in [1.807, 2.05) is 33.9 Å². The van der Waals surface area contributed by atoms with E-state index in [0.29, 0.717) is 17.2 Å². The van der Waals surface area contributed by atoms with E-state index in [1.165, 1.54) is 17.0 Å². The number of carbonyl (C=O) groups excluding carboxylic acids is 1. The number of aliphatic hydroxyl groups is 1. The molecule has 0 saturated heterocycles. The van der Waals surface area contributed by atoms with Gasteiger partial charge in [-0.1, -0.05) is 32.9 Å². The van der Waals surface area contributed by atoms with Gasteiger partial charge in [-0.3, -0.25) is 4.79 Å². The van der Waals surface area contributed by atoms with Crippen LogP contribution in [0.4, 0.5) is 32.0 Å². The molecule has 0 spiro atoms. The van der Waals surface area contributed by atoms with Gasteiger partial charge in [0.05, 0.1) is 21.9 Å². The van der Waals surface area contributed by atoms with Crippen LogP contribution >= 0.6 is 0 Å². The van der Waals surface area contributed by atoms with E-state index in [9.17, 15) is 44.7 Å². The van der Waals surface area contributed by atoms with Crippen molar-refractivity contribution in [3.8, 4) is 0 Å². The average molecular weight is 627 g/mol. The van der Waals surface area contributed by atoms with Gasteiger partial charge in [0.15, 0.2) is 18.2 Å². The predicted octanol–water partition coefficient (Wildman–Crippen LogP) is 5.41. The summed E-state index contributed by atoms with van der Waals surface area (Å²) in [4.78, 5) is 13.6. The summed E-state index contributed by atoms with van der Waals surface area (Å²) >= 11 is 0. The SMILES string of the molecule is CC(C)(C)[Si](C)(C)OCCS(=O)(=O)c1ccc2c(c1)CN(c1ccc(C(O)(C(F)(F)F)C(F)(F)F)cc1C(N)=O)C2. The number of nitrogens with two attached hydrogens (primary N) is 1. The van der Waals surface area contributed by atoms with Crippen molar-refractivity contribution >= 4 is 29.7 Å². The number of amides is 1.